The molecular formula is C15H20O2. The number of hydrogen-bond acceptors (Lipinski definition) is 2. The highest BCUT2D eigenvalue weighted by Gasteiger charge is 2.55. The molecule has 2 nitrogen and oxygen atoms in total. The molecule has 0 radical (unpaired) electrons. The number of carbonyl (C=O) groups is 2. The van der Waals surface area contributed by atoms with Crippen LogP contribution in [0.5, 0.6) is 0 Å². The Morgan fingerprint density at radius 1 is 1.24 bits per heavy atom. The van der Waals surface area contributed by atoms with Gasteiger partial charge in [-0.05, 0) is 31.1 Å². The minimum Gasteiger partial charge on any atom is -0.299 e. The van der Waals surface area contributed by atoms with Crippen LogP contribution in [-0.2, 0) is 9.59 Å². The van der Waals surface area contributed by atoms with Gasteiger partial charge in [-0.25, -0.2) is 0 Å². The van der Waals surface area contributed by atoms with Crippen molar-refractivity contribution in [2.24, 2.45) is 22.7 Å². The van der Waals surface area contributed by atoms with Crippen molar-refractivity contribution in [1.29, 1.82) is 0 Å². The Hall–Kier alpha value is -0.920. The van der Waals surface area contributed by atoms with Gasteiger partial charge in [0, 0.05) is 24.2 Å². The second-order valence-electron chi connectivity index (χ2n) is 6.86. The van der Waals surface area contributed by atoms with Gasteiger partial charge in [-0.15, -0.1) is 0 Å². The van der Waals surface area contributed by atoms with Crippen molar-refractivity contribution in [3.05, 3.63) is 11.6 Å². The standard InChI is InChI=1S/C15H20O2/c1-14(2)5-4-13(17)15(3)8-10-9(6-11(10)16)7-12(14)15/h7,9-10H,4-6,8H2,1-3H3/t9-,10+,15-/m0/s1. The van der Waals surface area contributed by atoms with Crippen molar-refractivity contribution in [1.82, 2.24) is 0 Å². The highest BCUT2D eigenvalue weighted by molar-refractivity contribution is 5.94. The van der Waals surface area contributed by atoms with Gasteiger partial charge in [0.05, 0.1) is 0 Å². The summed E-state index contributed by atoms with van der Waals surface area (Å²) in [5.74, 6) is 1.28. The molecule has 0 aromatic carbocycles. The van der Waals surface area contributed by atoms with Crippen LogP contribution in [0.4, 0.5) is 0 Å². The zero-order valence-corrected chi connectivity index (χ0v) is 10.9. The van der Waals surface area contributed by atoms with Crippen molar-refractivity contribution < 1.29 is 9.59 Å². The van der Waals surface area contributed by atoms with Gasteiger partial charge in [-0.1, -0.05) is 25.5 Å². The number of ketones is 2. The smallest absolute Gasteiger partial charge is 0.142 e. The molecule has 0 N–H and O–H groups in total. The Morgan fingerprint density at radius 3 is 2.59 bits per heavy atom. The monoisotopic (exact) mass is 232 g/mol. The first-order valence-electron chi connectivity index (χ1n) is 6.63. The average molecular weight is 232 g/mol. The molecule has 0 unspecified atom stereocenters. The molecule has 0 aromatic heterocycles. The summed E-state index contributed by atoms with van der Waals surface area (Å²) in [4.78, 5) is 23.9. The molecule has 3 aliphatic carbocycles. The summed E-state index contributed by atoms with van der Waals surface area (Å²) in [6.45, 7) is 6.54. The minimum absolute atomic E-state index is 0.131. The fourth-order valence-electron chi connectivity index (χ4n) is 4.07. The molecule has 0 spiro atoms. The fraction of sp³-hybridized carbons (Fsp3) is 0.733. The Balaban J connectivity index is 2.08. The molecule has 3 atom stereocenters. The second-order valence-corrected chi connectivity index (χ2v) is 6.86. The molecule has 0 amide bonds. The quantitative estimate of drug-likeness (QED) is 0.602. The van der Waals surface area contributed by atoms with Crippen molar-refractivity contribution >= 4 is 11.6 Å². The summed E-state index contributed by atoms with van der Waals surface area (Å²) in [6, 6.07) is 0. The predicted octanol–water partition coefficient (Wildman–Crippen LogP) is 2.92. The third kappa shape index (κ3) is 1.33. The highest BCUT2D eigenvalue weighted by Crippen LogP contribution is 2.58. The molecular weight excluding hydrogens is 212 g/mol. The number of allylic oxidation sites excluding steroid dienone is 2. The molecule has 2 heteroatoms. The number of rotatable bonds is 0. The van der Waals surface area contributed by atoms with E-state index in [1.807, 2.05) is 0 Å². The van der Waals surface area contributed by atoms with E-state index in [-0.39, 0.29) is 16.7 Å². The molecule has 2 saturated carbocycles. The van der Waals surface area contributed by atoms with E-state index in [4.69, 9.17) is 0 Å². The maximum atomic E-state index is 12.3. The molecule has 3 aliphatic rings. The molecule has 0 bridgehead atoms. The summed E-state index contributed by atoms with van der Waals surface area (Å²) in [6.07, 6.45) is 5.37. The lowest BCUT2D eigenvalue weighted by Gasteiger charge is -2.52. The maximum Gasteiger partial charge on any atom is 0.142 e. The van der Waals surface area contributed by atoms with Gasteiger partial charge < -0.3 is 0 Å². The van der Waals surface area contributed by atoms with Gasteiger partial charge in [0.15, 0.2) is 0 Å². The van der Waals surface area contributed by atoms with Crippen molar-refractivity contribution in [2.45, 2.75) is 46.5 Å². The van der Waals surface area contributed by atoms with Gasteiger partial charge in [-0.2, -0.15) is 0 Å². The Morgan fingerprint density at radius 2 is 1.94 bits per heavy atom. The SMILES string of the molecule is CC1(C)CCC(=O)[C@@]2(C)C[C@H]3C(=O)C[C@H]3C=C12. The van der Waals surface area contributed by atoms with E-state index in [1.165, 1.54) is 5.57 Å². The van der Waals surface area contributed by atoms with Crippen LogP contribution in [0.3, 0.4) is 0 Å². The first kappa shape index (κ1) is 11.2. The first-order chi connectivity index (χ1) is 7.84. The number of hydrogen-bond donors (Lipinski definition) is 0. The van der Waals surface area contributed by atoms with Crippen LogP contribution in [-0.4, -0.2) is 11.6 Å². The number of Topliss-reactive ketones (excluding diaryl/α,β-unsaturated/α-hetero) is 2. The maximum absolute atomic E-state index is 12.3. The number of carbonyl (C=O) groups excluding carboxylic acids is 2. The first-order valence-corrected chi connectivity index (χ1v) is 6.63. The summed E-state index contributed by atoms with van der Waals surface area (Å²) < 4.78 is 0. The van der Waals surface area contributed by atoms with E-state index in [9.17, 15) is 9.59 Å². The van der Waals surface area contributed by atoms with E-state index in [0.717, 1.165) is 12.8 Å². The zero-order chi connectivity index (χ0) is 12.4. The van der Waals surface area contributed by atoms with Crippen molar-refractivity contribution in [3.8, 4) is 0 Å². The Bertz CT molecular complexity index is 444. The van der Waals surface area contributed by atoms with E-state index < -0.39 is 0 Å². The largest absolute Gasteiger partial charge is 0.299 e. The van der Waals surface area contributed by atoms with Crippen LogP contribution in [0.1, 0.15) is 46.5 Å². The Kier molecular flexibility index (Phi) is 2.04. The van der Waals surface area contributed by atoms with Crippen molar-refractivity contribution in [3.63, 3.8) is 0 Å². The third-order valence-corrected chi connectivity index (χ3v) is 5.29. The topological polar surface area (TPSA) is 34.1 Å². The van der Waals surface area contributed by atoms with Gasteiger partial charge in [0.2, 0.25) is 0 Å². The third-order valence-electron chi connectivity index (χ3n) is 5.29. The van der Waals surface area contributed by atoms with Crippen molar-refractivity contribution in [2.75, 3.05) is 0 Å². The van der Waals surface area contributed by atoms with Gasteiger partial charge in [0.25, 0.3) is 0 Å². The fourth-order valence-corrected chi connectivity index (χ4v) is 4.07. The van der Waals surface area contributed by atoms with Crippen LogP contribution < -0.4 is 0 Å². The summed E-state index contributed by atoms with van der Waals surface area (Å²) in [7, 11) is 0. The average Bonchev–Trinajstić information content (AvgIpc) is 2.25. The van der Waals surface area contributed by atoms with Crippen LogP contribution in [0.25, 0.3) is 0 Å². The molecule has 17 heavy (non-hydrogen) atoms. The van der Waals surface area contributed by atoms with Gasteiger partial charge in [0.1, 0.15) is 11.6 Å². The molecule has 0 aromatic rings. The van der Waals surface area contributed by atoms with Crippen LogP contribution in [0.2, 0.25) is 0 Å². The summed E-state index contributed by atoms with van der Waals surface area (Å²) in [5.41, 5.74) is 1.10. The van der Waals surface area contributed by atoms with Crippen LogP contribution in [0, 0.1) is 22.7 Å². The van der Waals surface area contributed by atoms with Gasteiger partial charge >= 0.3 is 0 Å². The Labute approximate surface area is 102 Å². The van der Waals surface area contributed by atoms with Gasteiger partial charge in [-0.3, -0.25) is 9.59 Å². The highest BCUT2D eigenvalue weighted by atomic mass is 16.1. The van der Waals surface area contributed by atoms with E-state index >= 15 is 0 Å². The second kappa shape index (κ2) is 3.09. The van der Waals surface area contributed by atoms with E-state index in [2.05, 4.69) is 26.8 Å². The molecule has 0 saturated heterocycles. The molecule has 0 heterocycles. The minimum atomic E-state index is -0.348. The summed E-state index contributed by atoms with van der Waals surface area (Å²) in [5, 5.41) is 0. The number of fused-ring (bicyclic) bond motifs is 2. The molecule has 92 valence electrons. The molecule has 3 rings (SSSR count). The lowest BCUT2D eigenvalue weighted by Crippen LogP contribution is -2.51. The lowest BCUT2D eigenvalue weighted by atomic mass is 9.50. The van der Waals surface area contributed by atoms with Crippen LogP contribution >= 0.6 is 0 Å². The van der Waals surface area contributed by atoms with E-state index in [0.29, 0.717) is 30.3 Å². The summed E-state index contributed by atoms with van der Waals surface area (Å²) >= 11 is 0. The zero-order valence-electron chi connectivity index (χ0n) is 10.9. The molecule has 2 fully saturated rings. The lowest BCUT2D eigenvalue weighted by molar-refractivity contribution is -0.139. The van der Waals surface area contributed by atoms with Crippen LogP contribution in [0.15, 0.2) is 11.6 Å². The predicted molar refractivity (Wildman–Crippen MR) is 65.4 cm³/mol. The molecule has 0 aliphatic heterocycles. The van der Waals surface area contributed by atoms with E-state index in [1.54, 1.807) is 0 Å². The normalized spacial score (nSPS) is 43.4.